The van der Waals surface area contributed by atoms with Crippen molar-refractivity contribution in [2.75, 3.05) is 0 Å². The minimum atomic E-state index is 0.570. The molecule has 0 bridgehead atoms. The normalized spacial score (nSPS) is 20.9. The Balaban J connectivity index is 1.50. The third-order valence-corrected chi connectivity index (χ3v) is 18.6. The van der Waals surface area contributed by atoms with Crippen molar-refractivity contribution in [1.82, 2.24) is 0 Å². The number of hydrogen-bond donors (Lipinski definition) is 0. The number of hydrogen-bond acceptors (Lipinski definition) is 0. The van der Waals surface area contributed by atoms with Gasteiger partial charge in [-0.25, -0.2) is 0 Å². The average molecular weight is 544 g/mol. The first-order valence-corrected chi connectivity index (χ1v) is 14.0. The third-order valence-electron chi connectivity index (χ3n) is 3.23. The predicted octanol–water partition coefficient (Wildman–Crippen LogP) is 2.95. The SMILES string of the molecule is C1=C(c2ccccc2)[Se]/C(=C2\[Se]C=C(c3ccccc3)[Se]2)[Se]1. The predicted molar refractivity (Wildman–Crippen MR) is 98.9 cm³/mol. The molecule has 2 aliphatic rings. The second-order valence-corrected chi connectivity index (χ2v) is 15.4. The van der Waals surface area contributed by atoms with Crippen LogP contribution in [0.15, 0.2) is 77.4 Å². The van der Waals surface area contributed by atoms with E-state index in [0.717, 1.165) is 0 Å². The molecule has 0 nitrogen and oxygen atoms in total. The molecule has 0 amide bonds. The van der Waals surface area contributed by atoms with Crippen LogP contribution >= 0.6 is 0 Å². The van der Waals surface area contributed by atoms with Gasteiger partial charge in [-0.05, 0) is 0 Å². The van der Waals surface area contributed by atoms with Crippen molar-refractivity contribution in [3.63, 3.8) is 0 Å². The number of rotatable bonds is 2. The van der Waals surface area contributed by atoms with Crippen LogP contribution in [0.5, 0.6) is 0 Å². The van der Waals surface area contributed by atoms with Gasteiger partial charge in [0.05, 0.1) is 0 Å². The standard InChI is InChI=1S/C18H12Se4/c1-3-7-13(8-4-1)15-11-19-17(21-15)18-20-12-16(22-18)14-9-5-2-6-10-14/h1-12H/b18-17+. The fraction of sp³-hybridized carbons (Fsp3) is 0. The molecule has 4 rings (SSSR count). The van der Waals surface area contributed by atoms with Gasteiger partial charge in [-0.1, -0.05) is 0 Å². The molecular formula is C18H12Se4. The van der Waals surface area contributed by atoms with Crippen LogP contribution in [0.4, 0.5) is 0 Å². The van der Waals surface area contributed by atoms with Gasteiger partial charge in [0.25, 0.3) is 0 Å². The maximum atomic E-state index is 2.53. The molecule has 108 valence electrons. The third kappa shape index (κ3) is 3.31. The fourth-order valence-corrected chi connectivity index (χ4v) is 16.7. The molecule has 0 spiro atoms. The molecule has 0 saturated heterocycles. The molecule has 0 saturated carbocycles. The molecule has 0 fully saturated rings. The zero-order valence-corrected chi connectivity index (χ0v) is 18.4. The maximum absolute atomic E-state index is 2.53. The van der Waals surface area contributed by atoms with Crippen LogP contribution < -0.4 is 0 Å². The molecule has 2 aromatic rings. The van der Waals surface area contributed by atoms with Crippen LogP contribution in [0, 0.1) is 0 Å². The summed E-state index contributed by atoms with van der Waals surface area (Å²) in [4.78, 5) is 5.05. The summed E-state index contributed by atoms with van der Waals surface area (Å²) >= 11 is 2.34. The molecular weight excluding hydrogens is 532 g/mol. The summed E-state index contributed by atoms with van der Waals surface area (Å²) in [5, 5.41) is 0. The molecule has 2 aromatic carbocycles. The molecule has 0 N–H and O–H groups in total. The Labute approximate surface area is 156 Å². The van der Waals surface area contributed by atoms with E-state index in [-0.39, 0.29) is 0 Å². The Kier molecular flexibility index (Phi) is 4.93. The quantitative estimate of drug-likeness (QED) is 0.511. The summed E-state index contributed by atoms with van der Waals surface area (Å²) in [6.45, 7) is 0. The van der Waals surface area contributed by atoms with Crippen molar-refractivity contribution in [3.8, 4) is 0 Å². The summed E-state index contributed by atoms with van der Waals surface area (Å²) in [6.07, 6.45) is 0. The first kappa shape index (κ1) is 15.3. The molecule has 4 heteroatoms. The van der Waals surface area contributed by atoms with Gasteiger partial charge in [-0.3, -0.25) is 0 Å². The average Bonchev–Trinajstić information content (AvgIpc) is 3.26. The molecule has 0 radical (unpaired) electrons. The zero-order valence-electron chi connectivity index (χ0n) is 11.6. The van der Waals surface area contributed by atoms with Crippen LogP contribution in [-0.4, -0.2) is 59.8 Å². The summed E-state index contributed by atoms with van der Waals surface area (Å²) < 4.78 is 6.85. The Morgan fingerprint density at radius 2 is 0.909 bits per heavy atom. The van der Waals surface area contributed by atoms with Gasteiger partial charge in [0, 0.05) is 0 Å². The zero-order chi connectivity index (χ0) is 14.8. The van der Waals surface area contributed by atoms with Crippen LogP contribution in [-0.2, 0) is 0 Å². The molecule has 22 heavy (non-hydrogen) atoms. The second-order valence-electron chi connectivity index (χ2n) is 4.71. The van der Waals surface area contributed by atoms with Crippen molar-refractivity contribution in [2.24, 2.45) is 0 Å². The Bertz CT molecular complexity index is 706. The van der Waals surface area contributed by atoms with E-state index in [4.69, 9.17) is 0 Å². The molecule has 0 unspecified atom stereocenters. The van der Waals surface area contributed by atoms with Crippen molar-refractivity contribution in [2.45, 2.75) is 0 Å². The van der Waals surface area contributed by atoms with Gasteiger partial charge >= 0.3 is 157 Å². The Morgan fingerprint density at radius 1 is 0.500 bits per heavy atom. The van der Waals surface area contributed by atoms with E-state index in [1.54, 1.807) is 8.94 Å². The molecule has 2 aliphatic heterocycles. The van der Waals surface area contributed by atoms with Crippen LogP contribution in [0.2, 0.25) is 0 Å². The summed E-state index contributed by atoms with van der Waals surface area (Å²) in [6, 6.07) is 21.9. The number of benzene rings is 2. The van der Waals surface area contributed by atoms with E-state index in [0.29, 0.717) is 59.8 Å². The van der Waals surface area contributed by atoms with Gasteiger partial charge in [0.15, 0.2) is 0 Å². The van der Waals surface area contributed by atoms with Gasteiger partial charge in [0.1, 0.15) is 0 Å². The Morgan fingerprint density at radius 3 is 1.32 bits per heavy atom. The summed E-state index contributed by atoms with van der Waals surface area (Å²) in [5.74, 6) is 0. The van der Waals surface area contributed by atoms with Gasteiger partial charge < -0.3 is 0 Å². The van der Waals surface area contributed by atoms with E-state index in [9.17, 15) is 0 Å². The van der Waals surface area contributed by atoms with Gasteiger partial charge in [0.2, 0.25) is 0 Å². The van der Waals surface area contributed by atoms with Gasteiger partial charge in [-0.2, -0.15) is 0 Å². The monoisotopic (exact) mass is 548 g/mol. The van der Waals surface area contributed by atoms with Crippen LogP contribution in [0.1, 0.15) is 11.1 Å². The molecule has 0 atom stereocenters. The van der Waals surface area contributed by atoms with Crippen LogP contribution in [0.3, 0.4) is 0 Å². The van der Waals surface area contributed by atoms with Crippen molar-refractivity contribution in [3.05, 3.63) is 88.5 Å². The van der Waals surface area contributed by atoms with E-state index >= 15 is 0 Å². The second kappa shape index (κ2) is 7.10. The van der Waals surface area contributed by atoms with E-state index in [1.165, 1.54) is 11.1 Å². The summed E-state index contributed by atoms with van der Waals surface area (Å²) in [5.41, 5.74) is 2.88. The van der Waals surface area contributed by atoms with E-state index in [2.05, 4.69) is 70.6 Å². The van der Waals surface area contributed by atoms with Crippen molar-refractivity contribution in [1.29, 1.82) is 0 Å². The van der Waals surface area contributed by atoms with Crippen LogP contribution in [0.25, 0.3) is 8.94 Å². The topological polar surface area (TPSA) is 0 Å². The molecule has 0 aromatic heterocycles. The van der Waals surface area contributed by atoms with Gasteiger partial charge in [-0.15, -0.1) is 0 Å². The molecule has 2 heterocycles. The van der Waals surface area contributed by atoms with E-state index in [1.807, 2.05) is 6.74 Å². The first-order chi connectivity index (χ1) is 10.9. The Hall–Kier alpha value is -0.262. The van der Waals surface area contributed by atoms with Crippen molar-refractivity contribution >= 4 is 68.8 Å². The minimum absolute atomic E-state index is 0.570. The molecule has 0 aliphatic carbocycles. The first-order valence-electron chi connectivity index (χ1n) is 6.84. The van der Waals surface area contributed by atoms with E-state index < -0.39 is 0 Å². The van der Waals surface area contributed by atoms with Crippen molar-refractivity contribution < 1.29 is 0 Å². The summed E-state index contributed by atoms with van der Waals surface area (Å²) in [7, 11) is 0. The fourth-order valence-electron chi connectivity index (χ4n) is 2.15.